The van der Waals surface area contributed by atoms with Crippen LogP contribution in [0.5, 0.6) is 0 Å². The molecule has 2 heterocycles. The maximum absolute atomic E-state index is 4.41. The SMILES string of the molecule is Cc1ccnc(NCC2CCN(C3CCCCC3)C2)n1. The molecule has 2 aliphatic rings. The van der Waals surface area contributed by atoms with E-state index in [1.54, 1.807) is 0 Å². The van der Waals surface area contributed by atoms with Gasteiger partial charge in [0.15, 0.2) is 0 Å². The molecule has 0 radical (unpaired) electrons. The molecule has 1 unspecified atom stereocenters. The van der Waals surface area contributed by atoms with E-state index in [1.807, 2.05) is 19.2 Å². The molecule has 1 aliphatic carbocycles. The van der Waals surface area contributed by atoms with Gasteiger partial charge in [0.05, 0.1) is 0 Å². The molecule has 0 aromatic carbocycles. The molecule has 1 saturated heterocycles. The number of likely N-dealkylation sites (tertiary alicyclic amines) is 1. The number of hydrogen-bond donors (Lipinski definition) is 1. The van der Waals surface area contributed by atoms with Gasteiger partial charge in [-0.2, -0.15) is 0 Å². The van der Waals surface area contributed by atoms with Crippen LogP contribution in [0.3, 0.4) is 0 Å². The fourth-order valence-electron chi connectivity index (χ4n) is 3.58. The number of anilines is 1. The van der Waals surface area contributed by atoms with Gasteiger partial charge in [-0.15, -0.1) is 0 Å². The topological polar surface area (TPSA) is 41.1 Å². The van der Waals surface area contributed by atoms with E-state index >= 15 is 0 Å². The Kier molecular flexibility index (Phi) is 4.51. The Hall–Kier alpha value is -1.16. The van der Waals surface area contributed by atoms with Crippen LogP contribution in [0.15, 0.2) is 12.3 Å². The molecule has 0 spiro atoms. The third-order valence-corrected chi connectivity index (χ3v) is 4.75. The van der Waals surface area contributed by atoms with Crippen molar-refractivity contribution < 1.29 is 0 Å². The lowest BCUT2D eigenvalue weighted by Gasteiger charge is -2.31. The fourth-order valence-corrected chi connectivity index (χ4v) is 3.58. The van der Waals surface area contributed by atoms with Crippen molar-refractivity contribution in [3.63, 3.8) is 0 Å². The maximum Gasteiger partial charge on any atom is 0.222 e. The lowest BCUT2D eigenvalue weighted by atomic mass is 9.94. The lowest BCUT2D eigenvalue weighted by molar-refractivity contribution is 0.186. The van der Waals surface area contributed by atoms with Crippen LogP contribution in [-0.4, -0.2) is 40.5 Å². The second-order valence-corrected chi connectivity index (χ2v) is 6.34. The molecule has 110 valence electrons. The highest BCUT2D eigenvalue weighted by atomic mass is 15.2. The largest absolute Gasteiger partial charge is 0.354 e. The molecule has 4 nitrogen and oxygen atoms in total. The van der Waals surface area contributed by atoms with Crippen molar-refractivity contribution in [1.82, 2.24) is 14.9 Å². The zero-order chi connectivity index (χ0) is 13.8. The molecular weight excluding hydrogens is 248 g/mol. The molecular formula is C16H26N4. The number of nitrogens with one attached hydrogen (secondary N) is 1. The summed E-state index contributed by atoms with van der Waals surface area (Å²) in [6, 6.07) is 2.80. The van der Waals surface area contributed by atoms with Gasteiger partial charge in [-0.25, -0.2) is 9.97 Å². The first-order valence-corrected chi connectivity index (χ1v) is 8.09. The lowest BCUT2D eigenvalue weighted by Crippen LogP contribution is -2.35. The quantitative estimate of drug-likeness (QED) is 0.916. The molecule has 3 rings (SSSR count). The third kappa shape index (κ3) is 3.48. The van der Waals surface area contributed by atoms with Crippen LogP contribution in [0.4, 0.5) is 5.95 Å². The molecule has 1 saturated carbocycles. The Labute approximate surface area is 122 Å². The van der Waals surface area contributed by atoms with Crippen molar-refractivity contribution in [2.24, 2.45) is 5.92 Å². The Morgan fingerprint density at radius 3 is 2.90 bits per heavy atom. The number of hydrogen-bond acceptors (Lipinski definition) is 4. The summed E-state index contributed by atoms with van der Waals surface area (Å²) >= 11 is 0. The van der Waals surface area contributed by atoms with Gasteiger partial charge in [0, 0.05) is 31.0 Å². The van der Waals surface area contributed by atoms with Gasteiger partial charge < -0.3 is 10.2 Å². The molecule has 2 fully saturated rings. The van der Waals surface area contributed by atoms with Crippen LogP contribution >= 0.6 is 0 Å². The van der Waals surface area contributed by atoms with E-state index in [0.29, 0.717) is 0 Å². The van der Waals surface area contributed by atoms with Crippen molar-refractivity contribution in [2.75, 3.05) is 25.0 Å². The second kappa shape index (κ2) is 6.53. The number of nitrogens with zero attached hydrogens (tertiary/aromatic N) is 3. The smallest absolute Gasteiger partial charge is 0.222 e. The Bertz CT molecular complexity index is 428. The average molecular weight is 274 g/mol. The van der Waals surface area contributed by atoms with Gasteiger partial charge in [0.25, 0.3) is 0 Å². The molecule has 1 aromatic heterocycles. The van der Waals surface area contributed by atoms with E-state index in [0.717, 1.165) is 30.1 Å². The average Bonchev–Trinajstić information content (AvgIpc) is 2.95. The van der Waals surface area contributed by atoms with E-state index in [2.05, 4.69) is 20.2 Å². The van der Waals surface area contributed by atoms with Crippen LogP contribution in [0, 0.1) is 12.8 Å². The van der Waals surface area contributed by atoms with Gasteiger partial charge in [0.2, 0.25) is 5.95 Å². The number of aromatic nitrogens is 2. The summed E-state index contributed by atoms with van der Waals surface area (Å²) < 4.78 is 0. The maximum atomic E-state index is 4.41. The van der Waals surface area contributed by atoms with Crippen molar-refractivity contribution in [3.05, 3.63) is 18.0 Å². The summed E-state index contributed by atoms with van der Waals surface area (Å²) in [5, 5.41) is 3.40. The molecule has 1 N–H and O–H groups in total. The van der Waals surface area contributed by atoms with E-state index in [4.69, 9.17) is 0 Å². The summed E-state index contributed by atoms with van der Waals surface area (Å²) in [5.74, 6) is 1.53. The van der Waals surface area contributed by atoms with Crippen LogP contribution in [0.1, 0.15) is 44.2 Å². The zero-order valence-corrected chi connectivity index (χ0v) is 12.5. The highest BCUT2D eigenvalue weighted by Crippen LogP contribution is 2.27. The molecule has 4 heteroatoms. The van der Waals surface area contributed by atoms with Crippen LogP contribution < -0.4 is 5.32 Å². The standard InChI is InChI=1S/C16H26N4/c1-13-7-9-17-16(19-13)18-11-14-8-10-20(12-14)15-5-3-2-4-6-15/h7,9,14-15H,2-6,8,10-12H2,1H3,(H,17,18,19). The molecule has 1 aromatic rings. The predicted octanol–water partition coefficient (Wildman–Crippen LogP) is 2.85. The van der Waals surface area contributed by atoms with Gasteiger partial charge in [-0.1, -0.05) is 19.3 Å². The van der Waals surface area contributed by atoms with Gasteiger partial charge in [-0.3, -0.25) is 0 Å². The van der Waals surface area contributed by atoms with Crippen molar-refractivity contribution in [1.29, 1.82) is 0 Å². The summed E-state index contributed by atoms with van der Waals surface area (Å²) in [7, 11) is 0. The van der Waals surface area contributed by atoms with E-state index in [-0.39, 0.29) is 0 Å². The van der Waals surface area contributed by atoms with Crippen molar-refractivity contribution >= 4 is 5.95 Å². The zero-order valence-electron chi connectivity index (χ0n) is 12.5. The van der Waals surface area contributed by atoms with Crippen LogP contribution in [0.2, 0.25) is 0 Å². The van der Waals surface area contributed by atoms with Crippen molar-refractivity contribution in [2.45, 2.75) is 51.5 Å². The minimum absolute atomic E-state index is 0.751. The molecule has 1 aliphatic heterocycles. The summed E-state index contributed by atoms with van der Waals surface area (Å²) in [4.78, 5) is 11.4. The van der Waals surface area contributed by atoms with E-state index < -0.39 is 0 Å². The Balaban J connectivity index is 1.45. The van der Waals surface area contributed by atoms with E-state index in [1.165, 1.54) is 51.6 Å². The highest BCUT2D eigenvalue weighted by Gasteiger charge is 2.28. The Morgan fingerprint density at radius 1 is 1.25 bits per heavy atom. The highest BCUT2D eigenvalue weighted by molar-refractivity contribution is 5.24. The molecule has 1 atom stereocenters. The van der Waals surface area contributed by atoms with Gasteiger partial charge in [-0.05, 0) is 44.7 Å². The minimum Gasteiger partial charge on any atom is -0.354 e. The van der Waals surface area contributed by atoms with Crippen LogP contribution in [-0.2, 0) is 0 Å². The predicted molar refractivity (Wildman–Crippen MR) is 81.8 cm³/mol. The molecule has 0 amide bonds. The summed E-state index contributed by atoms with van der Waals surface area (Å²) in [6.45, 7) is 5.55. The first-order chi connectivity index (χ1) is 9.81. The van der Waals surface area contributed by atoms with Crippen LogP contribution in [0.25, 0.3) is 0 Å². The molecule has 20 heavy (non-hydrogen) atoms. The molecule has 0 bridgehead atoms. The first kappa shape index (κ1) is 13.8. The monoisotopic (exact) mass is 274 g/mol. The van der Waals surface area contributed by atoms with Crippen molar-refractivity contribution in [3.8, 4) is 0 Å². The van der Waals surface area contributed by atoms with E-state index in [9.17, 15) is 0 Å². The Morgan fingerprint density at radius 2 is 2.10 bits per heavy atom. The fraction of sp³-hybridized carbons (Fsp3) is 0.750. The number of aryl methyl sites for hydroxylation is 1. The first-order valence-electron chi connectivity index (χ1n) is 8.09. The third-order valence-electron chi connectivity index (χ3n) is 4.75. The second-order valence-electron chi connectivity index (χ2n) is 6.34. The van der Waals surface area contributed by atoms with Gasteiger partial charge in [0.1, 0.15) is 0 Å². The minimum atomic E-state index is 0.751. The normalized spacial score (nSPS) is 24.9. The summed E-state index contributed by atoms with van der Waals surface area (Å²) in [6.07, 6.45) is 10.3. The number of rotatable bonds is 4. The van der Waals surface area contributed by atoms with Gasteiger partial charge >= 0.3 is 0 Å². The summed E-state index contributed by atoms with van der Waals surface area (Å²) in [5.41, 5.74) is 1.03.